The van der Waals surface area contributed by atoms with E-state index >= 15 is 0 Å². The average Bonchev–Trinajstić information content (AvgIpc) is 2.81. The molecule has 0 bridgehead atoms. The van der Waals surface area contributed by atoms with Crippen LogP contribution >= 0.6 is 11.3 Å². The van der Waals surface area contributed by atoms with Crippen molar-refractivity contribution in [1.82, 2.24) is 0 Å². The van der Waals surface area contributed by atoms with E-state index in [1.165, 1.54) is 17.2 Å². The molecule has 2 N–H and O–H groups in total. The lowest BCUT2D eigenvalue weighted by Gasteiger charge is -2.40. The van der Waals surface area contributed by atoms with Crippen LogP contribution in [-0.2, 0) is 14.9 Å². The van der Waals surface area contributed by atoms with Crippen molar-refractivity contribution in [3.05, 3.63) is 35.2 Å². The Kier molecular flexibility index (Phi) is 3.89. The van der Waals surface area contributed by atoms with Crippen molar-refractivity contribution in [3.63, 3.8) is 0 Å². The molecule has 0 saturated carbocycles. The van der Waals surface area contributed by atoms with Gasteiger partial charge in [-0.15, -0.1) is 11.3 Å². The number of carbonyl (C=O) groups is 1. The number of rotatable bonds is 4. The number of benzene rings is 1. The number of carbonyl (C=O) groups excluding carboxylic acids is 1. The molecule has 0 fully saturated rings. The van der Waals surface area contributed by atoms with Crippen LogP contribution in [0.2, 0.25) is 0 Å². The molecule has 0 saturated heterocycles. The topological polar surface area (TPSA) is 52.3 Å². The summed E-state index contributed by atoms with van der Waals surface area (Å²) in [6.07, 6.45) is 0.278. The van der Waals surface area contributed by atoms with Crippen molar-refractivity contribution in [1.29, 1.82) is 0 Å². The lowest BCUT2D eigenvalue weighted by molar-refractivity contribution is -0.142. The molecule has 1 unspecified atom stereocenters. The second kappa shape index (κ2) is 5.19. The number of fused-ring (bicyclic) bond motifs is 1. The summed E-state index contributed by atoms with van der Waals surface area (Å²) in [5, 5.41) is 1.19. The van der Waals surface area contributed by atoms with Crippen molar-refractivity contribution in [3.8, 4) is 0 Å². The Morgan fingerprint density at radius 3 is 2.50 bits per heavy atom. The van der Waals surface area contributed by atoms with E-state index in [1.807, 2.05) is 32.9 Å². The van der Waals surface area contributed by atoms with E-state index in [-0.39, 0.29) is 12.4 Å². The van der Waals surface area contributed by atoms with Gasteiger partial charge in [-0.2, -0.15) is 0 Å². The first-order chi connectivity index (χ1) is 9.28. The summed E-state index contributed by atoms with van der Waals surface area (Å²) in [4.78, 5) is 12.9. The van der Waals surface area contributed by atoms with Crippen LogP contribution in [0.1, 0.15) is 32.1 Å². The summed E-state index contributed by atoms with van der Waals surface area (Å²) in [5.41, 5.74) is 5.39. The molecule has 0 spiro atoms. The quantitative estimate of drug-likeness (QED) is 0.878. The predicted octanol–water partition coefficient (Wildman–Crippen LogP) is 3.46. The first-order valence-electron chi connectivity index (χ1n) is 6.63. The molecule has 3 nitrogen and oxygen atoms in total. The van der Waals surface area contributed by atoms with Crippen LogP contribution in [0.5, 0.6) is 0 Å². The number of nitrogens with two attached hydrogens (primary N) is 1. The largest absolute Gasteiger partial charge is 0.469 e. The SMILES string of the molecule is COC(=O)CC(C)(c1cc2ccccc2s1)C(C)(C)N. The minimum atomic E-state index is -0.526. The summed E-state index contributed by atoms with van der Waals surface area (Å²) in [6, 6.07) is 10.3. The zero-order valence-electron chi connectivity index (χ0n) is 12.4. The van der Waals surface area contributed by atoms with Gasteiger partial charge in [0, 0.05) is 20.5 Å². The Morgan fingerprint density at radius 1 is 1.30 bits per heavy atom. The number of thiophene rings is 1. The van der Waals surface area contributed by atoms with E-state index in [0.29, 0.717) is 0 Å². The number of hydrogen-bond donors (Lipinski definition) is 1. The monoisotopic (exact) mass is 291 g/mol. The van der Waals surface area contributed by atoms with Crippen molar-refractivity contribution >= 4 is 27.4 Å². The molecule has 1 heterocycles. The van der Waals surface area contributed by atoms with Crippen LogP contribution in [0.4, 0.5) is 0 Å². The third kappa shape index (κ3) is 2.58. The van der Waals surface area contributed by atoms with Crippen LogP contribution in [0.25, 0.3) is 10.1 Å². The Labute approximate surface area is 123 Å². The van der Waals surface area contributed by atoms with E-state index in [2.05, 4.69) is 18.2 Å². The number of esters is 1. The fourth-order valence-corrected chi connectivity index (χ4v) is 3.62. The third-order valence-electron chi connectivity index (χ3n) is 4.12. The number of hydrogen-bond acceptors (Lipinski definition) is 4. The van der Waals surface area contributed by atoms with Crippen LogP contribution < -0.4 is 5.73 Å². The van der Waals surface area contributed by atoms with Crippen molar-refractivity contribution in [2.75, 3.05) is 7.11 Å². The van der Waals surface area contributed by atoms with Gasteiger partial charge in [0.25, 0.3) is 0 Å². The van der Waals surface area contributed by atoms with Crippen LogP contribution in [-0.4, -0.2) is 18.6 Å². The Hall–Kier alpha value is -1.39. The number of ether oxygens (including phenoxy) is 1. The highest BCUT2D eigenvalue weighted by Crippen LogP contribution is 2.42. The normalized spacial score (nSPS) is 15.1. The zero-order chi connectivity index (χ0) is 15.0. The maximum atomic E-state index is 11.8. The van der Waals surface area contributed by atoms with Gasteiger partial charge in [0.1, 0.15) is 0 Å². The lowest BCUT2D eigenvalue weighted by Crippen LogP contribution is -2.53. The molecule has 2 rings (SSSR count). The van der Waals surface area contributed by atoms with Gasteiger partial charge in [-0.3, -0.25) is 4.79 Å². The molecule has 1 aromatic heterocycles. The first-order valence-corrected chi connectivity index (χ1v) is 7.44. The molecule has 108 valence electrons. The Balaban J connectivity index is 2.53. The van der Waals surface area contributed by atoms with Gasteiger partial charge in [-0.05, 0) is 31.4 Å². The van der Waals surface area contributed by atoms with Gasteiger partial charge < -0.3 is 10.5 Å². The number of methoxy groups -OCH3 is 1. The fourth-order valence-electron chi connectivity index (χ4n) is 2.25. The molecule has 4 heteroatoms. The maximum Gasteiger partial charge on any atom is 0.306 e. The molecule has 0 aliphatic carbocycles. The fraction of sp³-hybridized carbons (Fsp3) is 0.438. The molecule has 2 aromatic rings. The van der Waals surface area contributed by atoms with Crippen LogP contribution in [0.15, 0.2) is 30.3 Å². The predicted molar refractivity (Wildman–Crippen MR) is 84.1 cm³/mol. The zero-order valence-corrected chi connectivity index (χ0v) is 13.2. The molecule has 0 aliphatic rings. The minimum Gasteiger partial charge on any atom is -0.469 e. The molecule has 1 aromatic carbocycles. The molecular weight excluding hydrogens is 270 g/mol. The highest BCUT2D eigenvalue weighted by molar-refractivity contribution is 7.19. The first kappa shape index (κ1) is 15.0. The van der Waals surface area contributed by atoms with Gasteiger partial charge in [0.15, 0.2) is 0 Å². The lowest BCUT2D eigenvalue weighted by atomic mass is 9.70. The van der Waals surface area contributed by atoms with Gasteiger partial charge in [-0.1, -0.05) is 25.1 Å². The molecule has 0 aliphatic heterocycles. The summed E-state index contributed by atoms with van der Waals surface area (Å²) in [7, 11) is 1.41. The van der Waals surface area contributed by atoms with Gasteiger partial charge in [0.05, 0.1) is 13.5 Å². The van der Waals surface area contributed by atoms with Crippen LogP contribution in [0.3, 0.4) is 0 Å². The van der Waals surface area contributed by atoms with Gasteiger partial charge >= 0.3 is 5.97 Å². The molecule has 1 atom stereocenters. The molecule has 0 radical (unpaired) electrons. The second-order valence-electron chi connectivity index (χ2n) is 5.96. The van der Waals surface area contributed by atoms with Gasteiger partial charge in [0.2, 0.25) is 0 Å². The highest BCUT2D eigenvalue weighted by atomic mass is 32.1. The average molecular weight is 291 g/mol. The summed E-state index contributed by atoms with van der Waals surface area (Å²) in [5.74, 6) is -0.233. The molecule has 20 heavy (non-hydrogen) atoms. The van der Waals surface area contributed by atoms with Crippen molar-refractivity contribution < 1.29 is 9.53 Å². The van der Waals surface area contributed by atoms with Crippen molar-refractivity contribution in [2.24, 2.45) is 5.73 Å². The van der Waals surface area contributed by atoms with Gasteiger partial charge in [-0.25, -0.2) is 0 Å². The smallest absolute Gasteiger partial charge is 0.306 e. The van der Waals surface area contributed by atoms with E-state index < -0.39 is 11.0 Å². The summed E-state index contributed by atoms with van der Waals surface area (Å²) >= 11 is 1.70. The minimum absolute atomic E-state index is 0.233. The third-order valence-corrected chi connectivity index (χ3v) is 5.50. The van der Waals surface area contributed by atoms with E-state index in [1.54, 1.807) is 11.3 Å². The standard InChI is InChI=1S/C16H21NO2S/c1-15(2,17)16(3,10-14(18)19-4)13-9-11-7-5-6-8-12(11)20-13/h5-9H,10,17H2,1-4H3. The van der Waals surface area contributed by atoms with E-state index in [9.17, 15) is 4.79 Å². The Morgan fingerprint density at radius 2 is 1.95 bits per heavy atom. The maximum absolute atomic E-state index is 11.8. The highest BCUT2D eigenvalue weighted by Gasteiger charge is 2.43. The summed E-state index contributed by atoms with van der Waals surface area (Å²) < 4.78 is 6.06. The van der Waals surface area contributed by atoms with E-state index in [0.717, 1.165) is 4.88 Å². The van der Waals surface area contributed by atoms with Crippen molar-refractivity contribution in [2.45, 2.75) is 38.1 Å². The summed E-state index contributed by atoms with van der Waals surface area (Å²) in [6.45, 7) is 5.95. The Bertz CT molecular complexity index is 594. The van der Waals surface area contributed by atoms with E-state index in [4.69, 9.17) is 10.5 Å². The molecule has 0 amide bonds. The van der Waals surface area contributed by atoms with Crippen LogP contribution in [0, 0.1) is 0 Å². The second-order valence-corrected chi connectivity index (χ2v) is 7.04. The molecular formula is C16H21NO2S.